The average molecular weight is 215 g/mol. The van der Waals surface area contributed by atoms with Gasteiger partial charge in [0.2, 0.25) is 0 Å². The summed E-state index contributed by atoms with van der Waals surface area (Å²) < 4.78 is 5.27. The first-order valence-corrected chi connectivity index (χ1v) is 5.59. The van der Waals surface area contributed by atoms with Gasteiger partial charge in [0.05, 0.1) is 12.3 Å². The quantitative estimate of drug-likeness (QED) is 0.721. The Bertz CT molecular complexity index is 264. The molecule has 0 fully saturated rings. The van der Waals surface area contributed by atoms with Crippen LogP contribution in [0.1, 0.15) is 12.6 Å². The van der Waals surface area contributed by atoms with Crippen molar-refractivity contribution in [3.63, 3.8) is 0 Å². The van der Waals surface area contributed by atoms with E-state index < -0.39 is 0 Å². The van der Waals surface area contributed by atoms with Crippen LogP contribution in [0.5, 0.6) is 0 Å². The summed E-state index contributed by atoms with van der Waals surface area (Å²) in [6.45, 7) is 4.88. The molecule has 0 spiro atoms. The van der Waals surface area contributed by atoms with Crippen molar-refractivity contribution in [2.24, 2.45) is 5.73 Å². The van der Waals surface area contributed by atoms with Crippen molar-refractivity contribution in [3.8, 4) is 0 Å². The summed E-state index contributed by atoms with van der Waals surface area (Å²) in [7, 11) is 2.01. The molecule has 0 radical (unpaired) electrons. The summed E-state index contributed by atoms with van der Waals surface area (Å²) >= 11 is 1.62. The highest BCUT2D eigenvalue weighted by Gasteiger charge is 2.05. The molecule has 14 heavy (non-hydrogen) atoms. The van der Waals surface area contributed by atoms with Crippen LogP contribution < -0.4 is 10.6 Å². The molecule has 0 atom stereocenters. The fraction of sp³-hybridized carbons (Fsp3) is 0.667. The summed E-state index contributed by atoms with van der Waals surface area (Å²) in [5, 5.41) is 3.00. The second-order valence-corrected chi connectivity index (χ2v) is 3.78. The van der Waals surface area contributed by atoms with Gasteiger partial charge >= 0.3 is 0 Å². The molecule has 0 unspecified atom stereocenters. The van der Waals surface area contributed by atoms with E-state index in [0.717, 1.165) is 30.6 Å². The van der Waals surface area contributed by atoms with Crippen LogP contribution in [-0.2, 0) is 11.3 Å². The van der Waals surface area contributed by atoms with Crippen LogP contribution in [0.15, 0.2) is 5.38 Å². The molecule has 2 N–H and O–H groups in total. The van der Waals surface area contributed by atoms with Gasteiger partial charge in [0.25, 0.3) is 0 Å². The number of hydrogen-bond donors (Lipinski definition) is 1. The maximum absolute atomic E-state index is 5.49. The first-order chi connectivity index (χ1) is 6.77. The molecule has 80 valence electrons. The number of rotatable bonds is 6. The maximum atomic E-state index is 5.49. The molecule has 5 heteroatoms. The number of nitrogens with two attached hydrogens (primary N) is 1. The van der Waals surface area contributed by atoms with Gasteiger partial charge < -0.3 is 15.4 Å². The molecule has 1 heterocycles. The lowest BCUT2D eigenvalue weighted by molar-refractivity contribution is 0.154. The first kappa shape index (κ1) is 11.4. The number of ether oxygens (including phenoxy) is 1. The fourth-order valence-electron chi connectivity index (χ4n) is 1.01. The van der Waals surface area contributed by atoms with Gasteiger partial charge in [0.15, 0.2) is 5.13 Å². The van der Waals surface area contributed by atoms with Gasteiger partial charge in [-0.3, -0.25) is 0 Å². The molecule has 0 amide bonds. The molecule has 1 rings (SSSR count). The zero-order valence-electron chi connectivity index (χ0n) is 8.69. The second-order valence-electron chi connectivity index (χ2n) is 2.94. The largest absolute Gasteiger partial charge is 0.380 e. The van der Waals surface area contributed by atoms with E-state index in [-0.39, 0.29) is 0 Å². The van der Waals surface area contributed by atoms with Crippen LogP contribution in [0.3, 0.4) is 0 Å². The lowest BCUT2D eigenvalue weighted by Gasteiger charge is -2.14. The number of anilines is 1. The molecule has 0 saturated heterocycles. The minimum absolute atomic E-state index is 0.510. The molecule has 0 saturated carbocycles. The molecule has 0 aliphatic rings. The van der Waals surface area contributed by atoms with Gasteiger partial charge in [-0.25, -0.2) is 4.98 Å². The Morgan fingerprint density at radius 1 is 1.64 bits per heavy atom. The molecule has 4 nitrogen and oxygen atoms in total. The van der Waals surface area contributed by atoms with Gasteiger partial charge in [0, 0.05) is 32.1 Å². The van der Waals surface area contributed by atoms with E-state index in [1.54, 1.807) is 11.3 Å². The third-order valence-corrected chi connectivity index (χ3v) is 2.85. The van der Waals surface area contributed by atoms with Crippen LogP contribution >= 0.6 is 11.3 Å². The van der Waals surface area contributed by atoms with Gasteiger partial charge in [0.1, 0.15) is 0 Å². The number of hydrogen-bond acceptors (Lipinski definition) is 5. The zero-order chi connectivity index (χ0) is 10.4. The van der Waals surface area contributed by atoms with Crippen molar-refractivity contribution in [3.05, 3.63) is 11.1 Å². The Morgan fingerprint density at radius 2 is 2.43 bits per heavy atom. The van der Waals surface area contributed by atoms with E-state index in [1.165, 1.54) is 0 Å². The average Bonchev–Trinajstić information content (AvgIpc) is 2.66. The van der Waals surface area contributed by atoms with Crippen LogP contribution in [0.25, 0.3) is 0 Å². The Balaban J connectivity index is 2.39. The number of nitrogens with zero attached hydrogens (tertiary/aromatic N) is 2. The second kappa shape index (κ2) is 5.95. The standard InChI is InChI=1S/C9H17N3OS/c1-3-13-5-4-12(2)9-11-8(6-10)7-14-9/h7H,3-6,10H2,1-2H3. The van der Waals surface area contributed by atoms with Crippen LogP contribution in [-0.4, -0.2) is 31.8 Å². The summed E-state index contributed by atoms with van der Waals surface area (Å²) in [4.78, 5) is 6.45. The van der Waals surface area contributed by atoms with E-state index in [9.17, 15) is 0 Å². The van der Waals surface area contributed by atoms with E-state index in [2.05, 4.69) is 9.88 Å². The highest BCUT2D eigenvalue weighted by atomic mass is 32.1. The Morgan fingerprint density at radius 3 is 3.00 bits per heavy atom. The van der Waals surface area contributed by atoms with Gasteiger partial charge in [-0.2, -0.15) is 0 Å². The zero-order valence-corrected chi connectivity index (χ0v) is 9.51. The van der Waals surface area contributed by atoms with Crippen LogP contribution in [0, 0.1) is 0 Å². The Kier molecular flexibility index (Phi) is 4.86. The number of aromatic nitrogens is 1. The molecule has 0 bridgehead atoms. The van der Waals surface area contributed by atoms with E-state index >= 15 is 0 Å². The highest BCUT2D eigenvalue weighted by Crippen LogP contribution is 2.18. The topological polar surface area (TPSA) is 51.4 Å². The predicted molar refractivity (Wildman–Crippen MR) is 59.8 cm³/mol. The molecule has 1 aromatic heterocycles. The van der Waals surface area contributed by atoms with Gasteiger partial charge in [-0.05, 0) is 6.92 Å². The minimum Gasteiger partial charge on any atom is -0.380 e. The predicted octanol–water partition coefficient (Wildman–Crippen LogP) is 1.07. The van der Waals surface area contributed by atoms with Crippen LogP contribution in [0.4, 0.5) is 5.13 Å². The highest BCUT2D eigenvalue weighted by molar-refractivity contribution is 7.13. The Hall–Kier alpha value is -0.650. The van der Waals surface area contributed by atoms with Crippen molar-refractivity contribution in [2.75, 3.05) is 31.7 Å². The monoisotopic (exact) mass is 215 g/mol. The molecule has 1 aromatic rings. The summed E-state index contributed by atoms with van der Waals surface area (Å²) in [6, 6.07) is 0. The van der Waals surface area contributed by atoms with E-state index in [4.69, 9.17) is 10.5 Å². The Labute approximate surface area is 88.7 Å². The molecular weight excluding hydrogens is 198 g/mol. The normalized spacial score (nSPS) is 10.5. The molecular formula is C9H17N3OS. The van der Waals surface area contributed by atoms with Crippen molar-refractivity contribution in [2.45, 2.75) is 13.5 Å². The van der Waals surface area contributed by atoms with Gasteiger partial charge in [-0.1, -0.05) is 0 Å². The summed E-state index contributed by atoms with van der Waals surface area (Å²) in [5.41, 5.74) is 6.44. The molecule has 0 aliphatic heterocycles. The lowest BCUT2D eigenvalue weighted by Crippen LogP contribution is -2.22. The van der Waals surface area contributed by atoms with Crippen molar-refractivity contribution in [1.29, 1.82) is 0 Å². The minimum atomic E-state index is 0.510. The third-order valence-electron chi connectivity index (χ3n) is 1.85. The maximum Gasteiger partial charge on any atom is 0.185 e. The van der Waals surface area contributed by atoms with Crippen LogP contribution in [0.2, 0.25) is 0 Å². The lowest BCUT2D eigenvalue weighted by atomic mass is 10.5. The fourth-order valence-corrected chi connectivity index (χ4v) is 1.84. The summed E-state index contributed by atoms with van der Waals surface area (Å²) in [5.74, 6) is 0. The molecule has 0 aliphatic carbocycles. The third kappa shape index (κ3) is 3.25. The first-order valence-electron chi connectivity index (χ1n) is 4.71. The summed E-state index contributed by atoms with van der Waals surface area (Å²) in [6.07, 6.45) is 0. The number of likely N-dealkylation sites (N-methyl/N-ethyl adjacent to an activating group) is 1. The van der Waals surface area contributed by atoms with E-state index in [1.807, 2.05) is 19.4 Å². The SMILES string of the molecule is CCOCCN(C)c1nc(CN)cs1. The van der Waals surface area contributed by atoms with E-state index in [0.29, 0.717) is 6.54 Å². The smallest absolute Gasteiger partial charge is 0.185 e. The van der Waals surface area contributed by atoms with Crippen molar-refractivity contribution in [1.82, 2.24) is 4.98 Å². The van der Waals surface area contributed by atoms with Crippen molar-refractivity contribution < 1.29 is 4.74 Å². The molecule has 0 aromatic carbocycles. The number of thiazole rings is 1. The van der Waals surface area contributed by atoms with Gasteiger partial charge in [-0.15, -0.1) is 11.3 Å². The van der Waals surface area contributed by atoms with Crippen molar-refractivity contribution >= 4 is 16.5 Å².